The predicted octanol–water partition coefficient (Wildman–Crippen LogP) is 3.43. The fourth-order valence-corrected chi connectivity index (χ4v) is 2.34. The molecule has 0 aliphatic carbocycles. The van der Waals surface area contributed by atoms with Crippen LogP contribution in [0, 0.1) is 10.1 Å². The fourth-order valence-electron chi connectivity index (χ4n) is 2.34. The molecule has 2 aromatic carbocycles. The lowest BCUT2D eigenvalue weighted by Crippen LogP contribution is -2.31. The quantitative estimate of drug-likeness (QED) is 0.211. The minimum Gasteiger partial charge on any atom is -0.464 e. The van der Waals surface area contributed by atoms with E-state index in [0.29, 0.717) is 0 Å². The molecule has 11 heteroatoms. The van der Waals surface area contributed by atoms with Crippen LogP contribution >= 0.6 is 0 Å². The molecule has 0 atom stereocenters. The number of ether oxygens (including phenoxy) is 2. The van der Waals surface area contributed by atoms with Crippen LogP contribution < -0.4 is 5.32 Å². The Balaban J connectivity index is 2.10. The van der Waals surface area contributed by atoms with Gasteiger partial charge in [0.1, 0.15) is 0 Å². The van der Waals surface area contributed by atoms with Gasteiger partial charge in [0.25, 0.3) is 17.6 Å². The van der Waals surface area contributed by atoms with Crippen LogP contribution in [0.4, 0.5) is 17.1 Å². The number of carbonyl (C=O) groups excluding carboxylic acids is 3. The number of nitrogens with one attached hydrogen (secondary N) is 1. The van der Waals surface area contributed by atoms with Gasteiger partial charge in [-0.15, -0.1) is 0 Å². The van der Waals surface area contributed by atoms with E-state index < -0.39 is 28.8 Å². The molecule has 2 rings (SSSR count). The molecule has 0 radical (unpaired) electrons. The van der Waals surface area contributed by atoms with Crippen molar-refractivity contribution in [3.05, 3.63) is 64.2 Å². The molecule has 1 amide bonds. The Labute approximate surface area is 177 Å². The number of anilines is 1. The van der Waals surface area contributed by atoms with Crippen LogP contribution in [0.1, 0.15) is 24.2 Å². The minimum absolute atomic E-state index is 0.0681. The number of hydrogen-bond donors (Lipinski definition) is 1. The highest BCUT2D eigenvalue weighted by atomic mass is 16.6. The third-order valence-electron chi connectivity index (χ3n) is 3.75. The maximum Gasteiger partial charge on any atom is 0.344 e. The highest BCUT2D eigenvalue weighted by molar-refractivity contribution is 6.04. The monoisotopic (exact) mass is 428 g/mol. The van der Waals surface area contributed by atoms with E-state index in [2.05, 4.69) is 15.5 Å². The van der Waals surface area contributed by atoms with Gasteiger partial charge in [0.05, 0.1) is 23.8 Å². The van der Waals surface area contributed by atoms with E-state index in [9.17, 15) is 24.5 Å². The molecule has 1 N–H and O–H groups in total. The third-order valence-corrected chi connectivity index (χ3v) is 3.75. The lowest BCUT2D eigenvalue weighted by Gasteiger charge is -2.09. The summed E-state index contributed by atoms with van der Waals surface area (Å²) < 4.78 is 9.60. The lowest BCUT2D eigenvalue weighted by molar-refractivity contribution is -0.384. The number of azo groups is 1. The number of benzene rings is 2. The van der Waals surface area contributed by atoms with Gasteiger partial charge in [-0.1, -0.05) is 6.07 Å². The zero-order valence-electron chi connectivity index (χ0n) is 16.8. The van der Waals surface area contributed by atoms with Crippen molar-refractivity contribution in [1.82, 2.24) is 0 Å². The summed E-state index contributed by atoms with van der Waals surface area (Å²) in [5.41, 5.74) is 0.671. The molecule has 0 aromatic heterocycles. The summed E-state index contributed by atoms with van der Waals surface area (Å²) in [5, 5.41) is 20.9. The van der Waals surface area contributed by atoms with E-state index in [1.807, 2.05) is 0 Å². The zero-order valence-corrected chi connectivity index (χ0v) is 16.8. The van der Waals surface area contributed by atoms with Crippen molar-refractivity contribution in [3.63, 3.8) is 0 Å². The number of rotatable bonds is 9. The zero-order chi connectivity index (χ0) is 22.8. The van der Waals surface area contributed by atoms with Crippen LogP contribution in [-0.4, -0.2) is 42.0 Å². The standard InChI is InChI=1S/C20H20N4O7/c1-3-30-19(26)17(20(27)31-4-2)23-22-14-10-8-13(9-11-14)18(25)21-15-6-5-7-16(12-15)24(28)29/h5-12,17H,3-4H2,1-2H3,(H,21,25). The highest BCUT2D eigenvalue weighted by Crippen LogP contribution is 2.19. The molecule has 11 nitrogen and oxygen atoms in total. The summed E-state index contributed by atoms with van der Waals surface area (Å²) in [5.74, 6) is -2.24. The number of esters is 2. The van der Waals surface area contributed by atoms with Crippen molar-refractivity contribution in [2.24, 2.45) is 10.2 Å². The summed E-state index contributed by atoms with van der Waals surface area (Å²) in [6.45, 7) is 3.32. The molecule has 0 spiro atoms. The molecule has 2 aromatic rings. The first-order valence-electron chi connectivity index (χ1n) is 9.25. The summed E-state index contributed by atoms with van der Waals surface area (Å²) in [7, 11) is 0. The molecule has 0 bridgehead atoms. The van der Waals surface area contributed by atoms with E-state index in [1.54, 1.807) is 13.8 Å². The predicted molar refractivity (Wildman–Crippen MR) is 109 cm³/mol. The normalized spacial score (nSPS) is 10.7. The van der Waals surface area contributed by atoms with Gasteiger partial charge in [0.2, 0.25) is 0 Å². The number of amides is 1. The van der Waals surface area contributed by atoms with Crippen molar-refractivity contribution in [2.75, 3.05) is 18.5 Å². The molecule has 0 saturated heterocycles. The van der Waals surface area contributed by atoms with Gasteiger partial charge in [-0.3, -0.25) is 14.9 Å². The van der Waals surface area contributed by atoms with Crippen LogP contribution in [0.3, 0.4) is 0 Å². The first-order valence-corrected chi connectivity index (χ1v) is 9.25. The van der Waals surface area contributed by atoms with Crippen LogP contribution in [0.15, 0.2) is 58.8 Å². The SMILES string of the molecule is CCOC(=O)C(N=Nc1ccc(C(=O)Nc2cccc([N+](=O)[O-])c2)cc1)C(=O)OCC. The first-order chi connectivity index (χ1) is 14.8. The first kappa shape index (κ1) is 23.1. The number of non-ortho nitro benzene ring substituents is 1. The Bertz CT molecular complexity index is 971. The number of nitro groups is 1. The Morgan fingerprint density at radius 1 is 1.03 bits per heavy atom. The van der Waals surface area contributed by atoms with Crippen molar-refractivity contribution in [2.45, 2.75) is 19.9 Å². The maximum atomic E-state index is 12.3. The summed E-state index contributed by atoms with van der Waals surface area (Å²) in [6.07, 6.45) is 0. The average molecular weight is 428 g/mol. The van der Waals surface area contributed by atoms with E-state index >= 15 is 0 Å². The minimum atomic E-state index is -1.54. The average Bonchev–Trinajstić information content (AvgIpc) is 2.75. The van der Waals surface area contributed by atoms with Crippen molar-refractivity contribution < 1.29 is 28.8 Å². The number of nitro benzene ring substituents is 1. The van der Waals surface area contributed by atoms with Gasteiger partial charge >= 0.3 is 11.9 Å². The smallest absolute Gasteiger partial charge is 0.344 e. The fraction of sp³-hybridized carbons (Fsp3) is 0.250. The summed E-state index contributed by atoms with van der Waals surface area (Å²) in [4.78, 5) is 46.4. The summed E-state index contributed by atoms with van der Waals surface area (Å²) >= 11 is 0. The van der Waals surface area contributed by atoms with Gasteiger partial charge in [0.15, 0.2) is 0 Å². The van der Waals surface area contributed by atoms with E-state index in [-0.39, 0.29) is 35.8 Å². The molecule has 0 heterocycles. The molecular weight excluding hydrogens is 408 g/mol. The molecule has 0 fully saturated rings. The van der Waals surface area contributed by atoms with E-state index in [4.69, 9.17) is 9.47 Å². The molecule has 31 heavy (non-hydrogen) atoms. The summed E-state index contributed by atoms with van der Waals surface area (Å²) in [6, 6.07) is 9.81. The largest absolute Gasteiger partial charge is 0.464 e. The second-order valence-electron chi connectivity index (χ2n) is 5.93. The molecule has 162 valence electrons. The Kier molecular flexibility index (Phi) is 8.31. The number of carbonyl (C=O) groups is 3. The second kappa shape index (κ2) is 11.1. The Morgan fingerprint density at radius 2 is 1.65 bits per heavy atom. The van der Waals surface area contributed by atoms with Crippen LogP contribution in [0.2, 0.25) is 0 Å². The Morgan fingerprint density at radius 3 is 2.19 bits per heavy atom. The van der Waals surface area contributed by atoms with Crippen molar-refractivity contribution in [1.29, 1.82) is 0 Å². The number of hydrogen-bond acceptors (Lipinski definition) is 9. The van der Waals surface area contributed by atoms with Gasteiger partial charge in [-0.25, -0.2) is 9.59 Å². The maximum absolute atomic E-state index is 12.3. The molecule has 0 aliphatic rings. The topological polar surface area (TPSA) is 150 Å². The second-order valence-corrected chi connectivity index (χ2v) is 5.93. The van der Waals surface area contributed by atoms with Crippen LogP contribution in [0.5, 0.6) is 0 Å². The van der Waals surface area contributed by atoms with Gasteiger partial charge in [-0.2, -0.15) is 10.2 Å². The van der Waals surface area contributed by atoms with Crippen LogP contribution in [-0.2, 0) is 19.1 Å². The van der Waals surface area contributed by atoms with Gasteiger partial charge in [-0.05, 0) is 44.2 Å². The van der Waals surface area contributed by atoms with Gasteiger partial charge in [0, 0.05) is 23.4 Å². The van der Waals surface area contributed by atoms with Crippen LogP contribution in [0.25, 0.3) is 0 Å². The van der Waals surface area contributed by atoms with E-state index in [1.165, 1.54) is 48.5 Å². The molecular formula is C20H20N4O7. The van der Waals surface area contributed by atoms with Crippen molar-refractivity contribution in [3.8, 4) is 0 Å². The van der Waals surface area contributed by atoms with Crippen molar-refractivity contribution >= 4 is 34.9 Å². The van der Waals surface area contributed by atoms with Gasteiger partial charge < -0.3 is 14.8 Å². The Hall–Kier alpha value is -4.15. The molecule has 0 aliphatic heterocycles. The number of nitrogens with zero attached hydrogens (tertiary/aromatic N) is 3. The molecule has 0 saturated carbocycles. The lowest BCUT2D eigenvalue weighted by atomic mass is 10.2. The molecule has 0 unspecified atom stereocenters. The highest BCUT2D eigenvalue weighted by Gasteiger charge is 2.29. The third kappa shape index (κ3) is 6.70. The van der Waals surface area contributed by atoms with E-state index in [0.717, 1.165) is 0 Å².